The van der Waals surface area contributed by atoms with Crippen LogP contribution in [-0.4, -0.2) is 34.8 Å². The second kappa shape index (κ2) is 10.1. The van der Waals surface area contributed by atoms with Gasteiger partial charge < -0.3 is 10.2 Å². The number of hydrogen-bond donors (Lipinski definition) is 1. The highest BCUT2D eigenvalue weighted by Gasteiger charge is 2.19. The lowest BCUT2D eigenvalue weighted by atomic mass is 10.1. The van der Waals surface area contributed by atoms with Crippen LogP contribution in [0.15, 0.2) is 61.1 Å². The molecule has 3 aromatic rings. The number of rotatable bonds is 7. The molecule has 0 spiro atoms. The molecule has 0 aliphatic carbocycles. The molecule has 2 aromatic heterocycles. The van der Waals surface area contributed by atoms with E-state index < -0.39 is 18.9 Å². The Balaban J connectivity index is 1.72. The van der Waals surface area contributed by atoms with E-state index in [4.69, 9.17) is 11.6 Å². The third kappa shape index (κ3) is 5.82. The summed E-state index contributed by atoms with van der Waals surface area (Å²) in [7, 11) is 0. The number of carbonyl (C=O) groups excluding carboxylic acids is 2. The van der Waals surface area contributed by atoms with Crippen molar-refractivity contribution in [3.63, 3.8) is 0 Å². The Morgan fingerprint density at radius 2 is 1.87 bits per heavy atom. The standard InChI is InChI=1S/C22H19ClF2N4O2/c1-14(30)29(13-21(24)25)20-5-3-16(10-18(20)23)19-4-2-17(12-27-19)22(31)28-11-15-6-8-26-9-7-15/h2-10,12,21H,11,13H2,1H3,(H,28,31). The van der Waals surface area contributed by atoms with Crippen LogP contribution in [-0.2, 0) is 11.3 Å². The van der Waals surface area contributed by atoms with Gasteiger partial charge in [0.1, 0.15) is 0 Å². The fourth-order valence-electron chi connectivity index (χ4n) is 2.90. The Kier molecular flexibility index (Phi) is 7.25. The van der Waals surface area contributed by atoms with Gasteiger partial charge in [-0.3, -0.25) is 19.6 Å². The average Bonchev–Trinajstić information content (AvgIpc) is 2.76. The van der Waals surface area contributed by atoms with Crippen molar-refractivity contribution in [2.45, 2.75) is 19.9 Å². The van der Waals surface area contributed by atoms with Crippen molar-refractivity contribution in [2.75, 3.05) is 11.4 Å². The smallest absolute Gasteiger partial charge is 0.256 e. The van der Waals surface area contributed by atoms with Crippen molar-refractivity contribution in [1.82, 2.24) is 15.3 Å². The number of halogens is 3. The van der Waals surface area contributed by atoms with Gasteiger partial charge in [-0.25, -0.2) is 8.78 Å². The van der Waals surface area contributed by atoms with Crippen molar-refractivity contribution < 1.29 is 18.4 Å². The van der Waals surface area contributed by atoms with Crippen molar-refractivity contribution in [3.05, 3.63) is 77.2 Å². The number of anilines is 1. The molecule has 0 fully saturated rings. The molecule has 0 atom stereocenters. The molecule has 0 bridgehead atoms. The van der Waals surface area contributed by atoms with E-state index in [1.54, 1.807) is 36.7 Å². The normalized spacial score (nSPS) is 10.7. The molecule has 0 aliphatic heterocycles. The van der Waals surface area contributed by atoms with Gasteiger partial charge in [0.15, 0.2) is 0 Å². The van der Waals surface area contributed by atoms with Gasteiger partial charge >= 0.3 is 0 Å². The average molecular weight is 445 g/mol. The van der Waals surface area contributed by atoms with Gasteiger partial charge in [-0.2, -0.15) is 0 Å². The number of amides is 2. The molecule has 3 rings (SSSR count). The lowest BCUT2D eigenvalue weighted by Gasteiger charge is -2.22. The van der Waals surface area contributed by atoms with Gasteiger partial charge in [-0.05, 0) is 42.0 Å². The van der Waals surface area contributed by atoms with E-state index in [9.17, 15) is 18.4 Å². The Hall–Kier alpha value is -3.39. The van der Waals surface area contributed by atoms with Gasteiger partial charge in [0.25, 0.3) is 12.3 Å². The molecule has 9 heteroatoms. The Morgan fingerprint density at radius 3 is 2.45 bits per heavy atom. The molecule has 2 amide bonds. The number of nitrogens with zero attached hydrogens (tertiary/aromatic N) is 3. The van der Waals surface area contributed by atoms with Gasteiger partial charge in [0, 0.05) is 37.6 Å². The van der Waals surface area contributed by atoms with Crippen LogP contribution in [0.3, 0.4) is 0 Å². The fraction of sp³-hybridized carbons (Fsp3) is 0.182. The van der Waals surface area contributed by atoms with Gasteiger partial charge in [0.05, 0.1) is 28.5 Å². The first-order chi connectivity index (χ1) is 14.8. The van der Waals surface area contributed by atoms with E-state index in [-0.39, 0.29) is 16.6 Å². The highest BCUT2D eigenvalue weighted by atomic mass is 35.5. The third-order valence-electron chi connectivity index (χ3n) is 4.46. The maximum absolute atomic E-state index is 12.8. The fourth-order valence-corrected chi connectivity index (χ4v) is 3.19. The van der Waals surface area contributed by atoms with Crippen LogP contribution in [0.2, 0.25) is 5.02 Å². The van der Waals surface area contributed by atoms with E-state index >= 15 is 0 Å². The van der Waals surface area contributed by atoms with Crippen molar-refractivity contribution in [2.24, 2.45) is 0 Å². The number of benzene rings is 1. The van der Waals surface area contributed by atoms with E-state index in [0.717, 1.165) is 10.5 Å². The summed E-state index contributed by atoms with van der Waals surface area (Å²) in [6.45, 7) is 0.827. The molecular formula is C22H19ClF2N4O2. The van der Waals surface area contributed by atoms with Crippen LogP contribution in [0.4, 0.5) is 14.5 Å². The summed E-state index contributed by atoms with van der Waals surface area (Å²) in [5.74, 6) is -0.802. The lowest BCUT2D eigenvalue weighted by Crippen LogP contribution is -2.33. The van der Waals surface area contributed by atoms with Crippen LogP contribution in [0.25, 0.3) is 11.3 Å². The molecule has 0 saturated heterocycles. The van der Waals surface area contributed by atoms with Crippen LogP contribution in [0.1, 0.15) is 22.8 Å². The molecule has 6 nitrogen and oxygen atoms in total. The quantitative estimate of drug-likeness (QED) is 0.588. The zero-order valence-electron chi connectivity index (χ0n) is 16.6. The molecule has 0 aliphatic rings. The number of hydrogen-bond acceptors (Lipinski definition) is 4. The molecule has 160 valence electrons. The largest absolute Gasteiger partial charge is 0.348 e. The molecule has 0 unspecified atom stereocenters. The molecule has 0 saturated carbocycles. The second-order valence-corrected chi connectivity index (χ2v) is 7.06. The summed E-state index contributed by atoms with van der Waals surface area (Å²) in [4.78, 5) is 33.2. The Labute approximate surface area is 182 Å². The van der Waals surface area contributed by atoms with Crippen LogP contribution < -0.4 is 10.2 Å². The minimum absolute atomic E-state index is 0.148. The van der Waals surface area contributed by atoms with E-state index in [1.165, 1.54) is 19.2 Å². The Bertz CT molecular complexity index is 1060. The van der Waals surface area contributed by atoms with Gasteiger partial charge in [0.2, 0.25) is 5.91 Å². The molecule has 1 N–H and O–H groups in total. The third-order valence-corrected chi connectivity index (χ3v) is 4.77. The maximum Gasteiger partial charge on any atom is 0.256 e. The number of pyridine rings is 2. The molecule has 2 heterocycles. The van der Waals surface area contributed by atoms with Crippen LogP contribution in [0, 0.1) is 0 Å². The van der Waals surface area contributed by atoms with Crippen molar-refractivity contribution >= 4 is 29.1 Å². The maximum atomic E-state index is 12.8. The molecule has 31 heavy (non-hydrogen) atoms. The molecule has 1 aromatic carbocycles. The lowest BCUT2D eigenvalue weighted by molar-refractivity contribution is -0.117. The predicted octanol–water partition coefficient (Wildman–Crippen LogP) is 4.35. The van der Waals surface area contributed by atoms with Gasteiger partial charge in [-0.15, -0.1) is 0 Å². The number of carbonyl (C=O) groups is 2. The predicted molar refractivity (Wildman–Crippen MR) is 114 cm³/mol. The monoisotopic (exact) mass is 444 g/mol. The van der Waals surface area contributed by atoms with Crippen LogP contribution >= 0.6 is 11.6 Å². The molecular weight excluding hydrogens is 426 g/mol. The minimum atomic E-state index is -2.68. The van der Waals surface area contributed by atoms with Crippen molar-refractivity contribution in [3.8, 4) is 11.3 Å². The summed E-state index contributed by atoms with van der Waals surface area (Å²) < 4.78 is 25.6. The second-order valence-electron chi connectivity index (χ2n) is 6.66. The first kappa shape index (κ1) is 22.3. The zero-order valence-corrected chi connectivity index (χ0v) is 17.3. The first-order valence-corrected chi connectivity index (χ1v) is 9.72. The summed E-state index contributed by atoms with van der Waals surface area (Å²) in [5.41, 5.74) is 2.68. The Morgan fingerprint density at radius 1 is 1.13 bits per heavy atom. The van der Waals surface area contributed by atoms with Gasteiger partial charge in [-0.1, -0.05) is 17.7 Å². The number of nitrogens with one attached hydrogen (secondary N) is 1. The highest BCUT2D eigenvalue weighted by molar-refractivity contribution is 6.34. The minimum Gasteiger partial charge on any atom is -0.348 e. The number of aromatic nitrogens is 2. The molecule has 0 radical (unpaired) electrons. The zero-order chi connectivity index (χ0) is 22.4. The first-order valence-electron chi connectivity index (χ1n) is 9.34. The SMILES string of the molecule is CC(=O)N(CC(F)F)c1ccc(-c2ccc(C(=O)NCc3ccncc3)cn2)cc1Cl. The topological polar surface area (TPSA) is 75.2 Å². The summed E-state index contributed by atoms with van der Waals surface area (Å²) in [6.07, 6.45) is 2.06. The van der Waals surface area contributed by atoms with Crippen LogP contribution in [0.5, 0.6) is 0 Å². The highest BCUT2D eigenvalue weighted by Crippen LogP contribution is 2.31. The summed E-state index contributed by atoms with van der Waals surface area (Å²) in [6, 6.07) is 11.6. The number of alkyl halides is 2. The van der Waals surface area contributed by atoms with Crippen molar-refractivity contribution in [1.29, 1.82) is 0 Å². The van der Waals surface area contributed by atoms with E-state index in [2.05, 4.69) is 15.3 Å². The van der Waals surface area contributed by atoms with E-state index in [0.29, 0.717) is 23.4 Å². The van der Waals surface area contributed by atoms with E-state index in [1.807, 2.05) is 12.1 Å². The summed E-state index contributed by atoms with van der Waals surface area (Å²) >= 11 is 6.25. The summed E-state index contributed by atoms with van der Waals surface area (Å²) in [5, 5.41) is 2.95.